The van der Waals surface area contributed by atoms with Gasteiger partial charge in [-0.25, -0.2) is 0 Å². The van der Waals surface area contributed by atoms with Crippen LogP contribution in [0.1, 0.15) is 25.3 Å². The molecule has 1 rings (SSSR count). The lowest BCUT2D eigenvalue weighted by Crippen LogP contribution is -2.25. The molecular weight excluding hydrogens is 250 g/mol. The molecule has 1 aromatic rings. The van der Waals surface area contributed by atoms with Crippen LogP contribution in [0.5, 0.6) is 0 Å². The van der Waals surface area contributed by atoms with Crippen molar-refractivity contribution in [2.45, 2.75) is 32.4 Å². The van der Waals surface area contributed by atoms with E-state index in [-0.39, 0.29) is 0 Å². The minimum Gasteiger partial charge on any atom is -0.310 e. The first-order valence-corrected chi connectivity index (χ1v) is 6.11. The van der Waals surface area contributed by atoms with Gasteiger partial charge >= 0.3 is 0 Å². The summed E-state index contributed by atoms with van der Waals surface area (Å²) in [6.07, 6.45) is 4.19. The molecule has 0 saturated carbocycles. The van der Waals surface area contributed by atoms with Gasteiger partial charge in [0.15, 0.2) is 0 Å². The van der Waals surface area contributed by atoms with Gasteiger partial charge in [-0.3, -0.25) is 0 Å². The summed E-state index contributed by atoms with van der Waals surface area (Å²) < 4.78 is 1.17. The fourth-order valence-electron chi connectivity index (χ4n) is 1.40. The van der Waals surface area contributed by atoms with Crippen LogP contribution in [-0.2, 0) is 6.54 Å². The van der Waals surface area contributed by atoms with Crippen LogP contribution in [0.2, 0.25) is 0 Å². The van der Waals surface area contributed by atoms with Crippen molar-refractivity contribution in [1.82, 2.24) is 5.32 Å². The molecule has 2 heteroatoms. The second kappa shape index (κ2) is 6.81. The van der Waals surface area contributed by atoms with Gasteiger partial charge in [-0.15, -0.1) is 6.58 Å². The molecular formula is C13H18BrN. The Bertz CT molecular complexity index is 309. The molecule has 0 amide bonds. The second-order valence-electron chi connectivity index (χ2n) is 3.74. The summed E-state index contributed by atoms with van der Waals surface area (Å²) in [5.41, 5.74) is 1.31. The van der Waals surface area contributed by atoms with Crippen LogP contribution in [0.25, 0.3) is 0 Å². The van der Waals surface area contributed by atoms with Gasteiger partial charge < -0.3 is 5.32 Å². The molecule has 0 aliphatic rings. The minimum atomic E-state index is 0.537. The van der Waals surface area contributed by atoms with E-state index in [1.165, 1.54) is 10.0 Å². The second-order valence-corrected chi connectivity index (χ2v) is 4.59. The van der Waals surface area contributed by atoms with Crippen molar-refractivity contribution < 1.29 is 0 Å². The molecule has 0 heterocycles. The van der Waals surface area contributed by atoms with E-state index < -0.39 is 0 Å². The van der Waals surface area contributed by atoms with E-state index in [1.807, 2.05) is 12.1 Å². The van der Waals surface area contributed by atoms with Gasteiger partial charge in [0.25, 0.3) is 0 Å². The third-order valence-corrected chi connectivity index (χ3v) is 3.18. The molecule has 82 valence electrons. The van der Waals surface area contributed by atoms with E-state index in [0.717, 1.165) is 19.4 Å². The molecule has 1 N–H and O–H groups in total. The fraction of sp³-hybridized carbons (Fsp3) is 0.385. The molecule has 1 aromatic carbocycles. The number of hydrogen-bond donors (Lipinski definition) is 1. The summed E-state index contributed by atoms with van der Waals surface area (Å²) in [6, 6.07) is 8.85. The largest absolute Gasteiger partial charge is 0.310 e. The van der Waals surface area contributed by atoms with Gasteiger partial charge in [-0.2, -0.15) is 0 Å². The van der Waals surface area contributed by atoms with E-state index >= 15 is 0 Å². The highest BCUT2D eigenvalue weighted by Crippen LogP contribution is 2.15. The summed E-state index contributed by atoms with van der Waals surface area (Å²) in [5.74, 6) is 0. The highest BCUT2D eigenvalue weighted by atomic mass is 79.9. The van der Waals surface area contributed by atoms with Crippen molar-refractivity contribution >= 4 is 15.9 Å². The summed E-state index contributed by atoms with van der Waals surface area (Å²) >= 11 is 3.54. The molecule has 0 saturated heterocycles. The minimum absolute atomic E-state index is 0.537. The van der Waals surface area contributed by atoms with Crippen molar-refractivity contribution in [3.63, 3.8) is 0 Å². The first kappa shape index (κ1) is 12.5. The topological polar surface area (TPSA) is 12.0 Å². The maximum Gasteiger partial charge on any atom is 0.0220 e. The Labute approximate surface area is 101 Å². The van der Waals surface area contributed by atoms with Crippen LogP contribution in [0.4, 0.5) is 0 Å². The summed E-state index contributed by atoms with van der Waals surface area (Å²) in [5, 5.41) is 3.50. The molecule has 0 unspecified atom stereocenters. The number of halogens is 1. The van der Waals surface area contributed by atoms with Crippen molar-refractivity contribution in [3.8, 4) is 0 Å². The first-order valence-electron chi connectivity index (χ1n) is 5.31. The molecule has 15 heavy (non-hydrogen) atoms. The Hall–Kier alpha value is -0.600. The number of rotatable bonds is 6. The van der Waals surface area contributed by atoms with Crippen LogP contribution in [0, 0.1) is 0 Å². The molecule has 0 bridgehead atoms. The van der Waals surface area contributed by atoms with Crippen LogP contribution < -0.4 is 5.32 Å². The van der Waals surface area contributed by atoms with Crippen molar-refractivity contribution in [2.24, 2.45) is 0 Å². The third-order valence-electron chi connectivity index (χ3n) is 2.40. The molecule has 1 atom stereocenters. The Balaban J connectivity index is 2.36. The lowest BCUT2D eigenvalue weighted by Gasteiger charge is -2.13. The van der Waals surface area contributed by atoms with E-state index in [2.05, 4.69) is 52.9 Å². The van der Waals surface area contributed by atoms with E-state index in [9.17, 15) is 0 Å². The van der Waals surface area contributed by atoms with Gasteiger partial charge in [-0.05, 0) is 31.4 Å². The standard InChI is InChI=1S/C13H18BrN/c1-3-4-7-11(2)15-10-12-8-5-6-9-13(12)14/h3,5-6,8-9,11,15H,1,4,7,10H2,2H3/t11-/m1/s1. The van der Waals surface area contributed by atoms with Gasteiger partial charge in [0, 0.05) is 17.1 Å². The third kappa shape index (κ3) is 4.63. The van der Waals surface area contributed by atoms with Crippen LogP contribution in [-0.4, -0.2) is 6.04 Å². The maximum atomic E-state index is 3.73. The van der Waals surface area contributed by atoms with Gasteiger partial charge in [0.05, 0.1) is 0 Å². The zero-order valence-corrected chi connectivity index (χ0v) is 10.8. The summed E-state index contributed by atoms with van der Waals surface area (Å²) in [4.78, 5) is 0. The summed E-state index contributed by atoms with van der Waals surface area (Å²) in [6.45, 7) is 6.85. The SMILES string of the molecule is C=CCC[C@@H](C)NCc1ccccc1Br. The van der Waals surface area contributed by atoms with Crippen LogP contribution >= 0.6 is 15.9 Å². The van der Waals surface area contributed by atoms with Crippen LogP contribution in [0.15, 0.2) is 41.4 Å². The highest BCUT2D eigenvalue weighted by molar-refractivity contribution is 9.10. The Morgan fingerprint density at radius 1 is 1.47 bits per heavy atom. The van der Waals surface area contributed by atoms with Crippen molar-refractivity contribution in [3.05, 3.63) is 47.0 Å². The van der Waals surface area contributed by atoms with Gasteiger partial charge in [-0.1, -0.05) is 40.2 Å². The quantitative estimate of drug-likeness (QED) is 0.772. The fourth-order valence-corrected chi connectivity index (χ4v) is 1.82. The predicted molar refractivity (Wildman–Crippen MR) is 69.9 cm³/mol. The average Bonchev–Trinajstić information content (AvgIpc) is 2.25. The molecule has 0 radical (unpaired) electrons. The maximum absolute atomic E-state index is 3.73. The van der Waals surface area contributed by atoms with Crippen molar-refractivity contribution in [1.29, 1.82) is 0 Å². The number of benzene rings is 1. The molecule has 0 fully saturated rings. The average molecular weight is 268 g/mol. The normalized spacial score (nSPS) is 12.4. The lowest BCUT2D eigenvalue weighted by atomic mass is 10.1. The van der Waals surface area contributed by atoms with Gasteiger partial charge in [0.2, 0.25) is 0 Å². The predicted octanol–water partition coefficient (Wildman–Crippen LogP) is 3.89. The lowest BCUT2D eigenvalue weighted by molar-refractivity contribution is 0.517. The molecule has 0 aliphatic carbocycles. The van der Waals surface area contributed by atoms with E-state index in [4.69, 9.17) is 0 Å². The Kier molecular flexibility index (Phi) is 5.66. The van der Waals surface area contributed by atoms with E-state index in [0.29, 0.717) is 6.04 Å². The monoisotopic (exact) mass is 267 g/mol. The molecule has 0 aromatic heterocycles. The molecule has 0 spiro atoms. The smallest absolute Gasteiger partial charge is 0.0220 e. The zero-order valence-electron chi connectivity index (χ0n) is 9.17. The Morgan fingerprint density at radius 3 is 2.87 bits per heavy atom. The first-order chi connectivity index (χ1) is 7.24. The number of allylic oxidation sites excluding steroid dienone is 1. The van der Waals surface area contributed by atoms with Crippen molar-refractivity contribution in [2.75, 3.05) is 0 Å². The van der Waals surface area contributed by atoms with Gasteiger partial charge in [0.1, 0.15) is 0 Å². The molecule has 0 aliphatic heterocycles. The molecule has 1 nitrogen and oxygen atoms in total. The summed E-state index contributed by atoms with van der Waals surface area (Å²) in [7, 11) is 0. The number of hydrogen-bond acceptors (Lipinski definition) is 1. The Morgan fingerprint density at radius 2 is 2.20 bits per heavy atom. The highest BCUT2D eigenvalue weighted by Gasteiger charge is 2.02. The van der Waals surface area contributed by atoms with E-state index in [1.54, 1.807) is 0 Å². The van der Waals surface area contributed by atoms with Crippen LogP contribution in [0.3, 0.4) is 0 Å². The zero-order chi connectivity index (χ0) is 11.1. The number of nitrogens with one attached hydrogen (secondary N) is 1.